The molecule has 5 nitrogen and oxygen atoms in total. The van der Waals surface area contributed by atoms with E-state index in [1.165, 1.54) is 0 Å². The second-order valence-electron chi connectivity index (χ2n) is 7.07. The maximum Gasteiger partial charge on any atom is 0.270 e. The molecule has 1 atom stereocenters. The predicted molar refractivity (Wildman–Crippen MR) is 85.9 cm³/mol. The molecule has 22 heavy (non-hydrogen) atoms. The number of H-pyrrole nitrogens is 1. The Kier molecular flexibility index (Phi) is 4.54. The molecule has 1 amide bonds. The molecule has 3 rings (SSSR count). The number of carbonyl (C=O) groups is 1. The van der Waals surface area contributed by atoms with Gasteiger partial charge >= 0.3 is 0 Å². The summed E-state index contributed by atoms with van der Waals surface area (Å²) in [4.78, 5) is 19.8. The summed E-state index contributed by atoms with van der Waals surface area (Å²) >= 11 is 0. The molecule has 1 aromatic rings. The molecule has 0 radical (unpaired) electrons. The van der Waals surface area contributed by atoms with Crippen LogP contribution < -0.4 is 0 Å². The standard InChI is InChI=1S/C17H27N3O2/c1-17(2)7-6-14(22-17)13-19-9-4-10-20(12-11-19)16(21)15-5-3-8-18-15/h3,5,8,14,18H,4,6-7,9-13H2,1-2H3. The number of nitrogens with one attached hydrogen (secondary N) is 1. The summed E-state index contributed by atoms with van der Waals surface area (Å²) in [5, 5.41) is 0. The largest absolute Gasteiger partial charge is 0.371 e. The minimum Gasteiger partial charge on any atom is -0.371 e. The van der Waals surface area contributed by atoms with E-state index in [9.17, 15) is 4.79 Å². The van der Waals surface area contributed by atoms with Crippen molar-refractivity contribution in [3.63, 3.8) is 0 Å². The Bertz CT molecular complexity index is 498. The minimum absolute atomic E-state index is 0.0339. The lowest BCUT2D eigenvalue weighted by Crippen LogP contribution is -2.38. The molecule has 122 valence electrons. The summed E-state index contributed by atoms with van der Waals surface area (Å²) in [7, 11) is 0. The Morgan fingerprint density at radius 3 is 2.91 bits per heavy atom. The molecule has 2 saturated heterocycles. The zero-order valence-corrected chi connectivity index (χ0v) is 13.7. The number of rotatable bonds is 3. The molecule has 0 saturated carbocycles. The lowest BCUT2D eigenvalue weighted by molar-refractivity contribution is -0.0281. The SMILES string of the molecule is CC1(C)CCC(CN2CCCN(C(=O)c3ccc[nH]3)CC2)O1. The number of hydrogen-bond acceptors (Lipinski definition) is 3. The van der Waals surface area contributed by atoms with Crippen molar-refractivity contribution in [1.29, 1.82) is 0 Å². The normalized spacial score (nSPS) is 26.1. The average Bonchev–Trinajstić information content (AvgIpc) is 3.05. The van der Waals surface area contributed by atoms with Crippen LogP contribution in [0.5, 0.6) is 0 Å². The van der Waals surface area contributed by atoms with Crippen molar-refractivity contribution < 1.29 is 9.53 Å². The number of amides is 1. The van der Waals surface area contributed by atoms with E-state index < -0.39 is 0 Å². The van der Waals surface area contributed by atoms with Crippen molar-refractivity contribution in [2.24, 2.45) is 0 Å². The van der Waals surface area contributed by atoms with Gasteiger partial charge in [-0.1, -0.05) is 0 Å². The summed E-state index contributed by atoms with van der Waals surface area (Å²) < 4.78 is 6.10. The van der Waals surface area contributed by atoms with Crippen molar-refractivity contribution in [3.8, 4) is 0 Å². The molecule has 3 heterocycles. The van der Waals surface area contributed by atoms with Crippen LogP contribution in [0.25, 0.3) is 0 Å². The summed E-state index contributed by atoms with van der Waals surface area (Å²) in [6.07, 6.45) is 5.47. The Morgan fingerprint density at radius 2 is 2.23 bits per heavy atom. The molecule has 2 aliphatic heterocycles. The van der Waals surface area contributed by atoms with Crippen LogP contribution in [-0.4, -0.2) is 65.1 Å². The van der Waals surface area contributed by atoms with Crippen LogP contribution in [0.1, 0.15) is 43.6 Å². The topological polar surface area (TPSA) is 48.6 Å². The highest BCUT2D eigenvalue weighted by Gasteiger charge is 2.33. The fourth-order valence-electron chi connectivity index (χ4n) is 3.48. The van der Waals surface area contributed by atoms with Crippen LogP contribution in [-0.2, 0) is 4.74 Å². The number of carbonyl (C=O) groups excluding carboxylic acids is 1. The Balaban J connectivity index is 1.51. The number of ether oxygens (including phenoxy) is 1. The number of nitrogens with zero attached hydrogens (tertiary/aromatic N) is 2. The van der Waals surface area contributed by atoms with Gasteiger partial charge in [-0.15, -0.1) is 0 Å². The van der Waals surface area contributed by atoms with E-state index in [-0.39, 0.29) is 11.5 Å². The molecule has 0 aromatic carbocycles. The molecular weight excluding hydrogens is 278 g/mol. The third kappa shape index (κ3) is 3.70. The summed E-state index contributed by atoms with van der Waals surface area (Å²) in [6.45, 7) is 8.97. The molecule has 0 spiro atoms. The van der Waals surface area contributed by atoms with E-state index in [1.807, 2.05) is 17.0 Å². The number of aromatic nitrogens is 1. The smallest absolute Gasteiger partial charge is 0.270 e. The average molecular weight is 305 g/mol. The fourth-order valence-corrected chi connectivity index (χ4v) is 3.48. The molecule has 1 aromatic heterocycles. The van der Waals surface area contributed by atoms with Crippen LogP contribution in [0.2, 0.25) is 0 Å². The molecule has 1 N–H and O–H groups in total. The Labute approximate surface area is 132 Å². The van der Waals surface area contributed by atoms with Gasteiger partial charge in [-0.25, -0.2) is 0 Å². The van der Waals surface area contributed by atoms with Gasteiger partial charge in [-0.3, -0.25) is 9.69 Å². The van der Waals surface area contributed by atoms with E-state index in [0.717, 1.165) is 52.0 Å². The summed E-state index contributed by atoms with van der Waals surface area (Å²) in [5.74, 6) is 0.116. The number of aromatic amines is 1. The summed E-state index contributed by atoms with van der Waals surface area (Å²) in [5.41, 5.74) is 0.723. The molecule has 2 fully saturated rings. The first-order chi connectivity index (χ1) is 10.5. The van der Waals surface area contributed by atoms with E-state index in [2.05, 4.69) is 23.7 Å². The zero-order chi connectivity index (χ0) is 15.6. The highest BCUT2D eigenvalue weighted by atomic mass is 16.5. The van der Waals surface area contributed by atoms with Crippen molar-refractivity contribution in [3.05, 3.63) is 24.0 Å². The van der Waals surface area contributed by atoms with Crippen LogP contribution >= 0.6 is 0 Å². The van der Waals surface area contributed by atoms with E-state index in [0.29, 0.717) is 11.8 Å². The van der Waals surface area contributed by atoms with Gasteiger partial charge < -0.3 is 14.6 Å². The third-order valence-electron chi connectivity index (χ3n) is 4.72. The second-order valence-corrected chi connectivity index (χ2v) is 7.07. The molecule has 5 heteroatoms. The van der Waals surface area contributed by atoms with Crippen molar-refractivity contribution in [2.75, 3.05) is 32.7 Å². The fraction of sp³-hybridized carbons (Fsp3) is 0.706. The first kappa shape index (κ1) is 15.6. The van der Waals surface area contributed by atoms with Gasteiger partial charge in [-0.2, -0.15) is 0 Å². The molecule has 2 aliphatic rings. The van der Waals surface area contributed by atoms with Gasteiger partial charge in [0.05, 0.1) is 11.7 Å². The van der Waals surface area contributed by atoms with Crippen LogP contribution in [0.3, 0.4) is 0 Å². The lowest BCUT2D eigenvalue weighted by Gasteiger charge is -2.26. The van der Waals surface area contributed by atoms with Gasteiger partial charge in [0.25, 0.3) is 5.91 Å². The third-order valence-corrected chi connectivity index (χ3v) is 4.72. The van der Waals surface area contributed by atoms with Gasteiger partial charge in [0.1, 0.15) is 5.69 Å². The first-order valence-corrected chi connectivity index (χ1v) is 8.36. The first-order valence-electron chi connectivity index (χ1n) is 8.36. The highest BCUT2D eigenvalue weighted by molar-refractivity contribution is 5.92. The Morgan fingerprint density at radius 1 is 1.36 bits per heavy atom. The van der Waals surface area contributed by atoms with Gasteiger partial charge in [0, 0.05) is 32.4 Å². The Hall–Kier alpha value is -1.33. The monoisotopic (exact) mass is 305 g/mol. The molecule has 1 unspecified atom stereocenters. The summed E-state index contributed by atoms with van der Waals surface area (Å²) in [6, 6.07) is 3.72. The van der Waals surface area contributed by atoms with Crippen LogP contribution in [0.4, 0.5) is 0 Å². The van der Waals surface area contributed by atoms with Gasteiger partial charge in [0.2, 0.25) is 0 Å². The maximum absolute atomic E-state index is 12.4. The van der Waals surface area contributed by atoms with E-state index in [4.69, 9.17) is 4.74 Å². The number of hydrogen-bond donors (Lipinski definition) is 1. The minimum atomic E-state index is 0.0339. The molecular formula is C17H27N3O2. The molecule has 0 bridgehead atoms. The van der Waals surface area contributed by atoms with Gasteiger partial charge in [0.15, 0.2) is 0 Å². The van der Waals surface area contributed by atoms with Crippen molar-refractivity contribution >= 4 is 5.91 Å². The van der Waals surface area contributed by atoms with Crippen molar-refractivity contribution in [2.45, 2.75) is 44.8 Å². The highest BCUT2D eigenvalue weighted by Crippen LogP contribution is 2.29. The van der Waals surface area contributed by atoms with Crippen molar-refractivity contribution in [1.82, 2.24) is 14.8 Å². The maximum atomic E-state index is 12.4. The van der Waals surface area contributed by atoms with Gasteiger partial charge in [-0.05, 0) is 51.8 Å². The predicted octanol–water partition coefficient (Wildman–Crippen LogP) is 2.12. The van der Waals surface area contributed by atoms with E-state index >= 15 is 0 Å². The van der Waals surface area contributed by atoms with Crippen LogP contribution in [0, 0.1) is 0 Å². The molecule has 0 aliphatic carbocycles. The zero-order valence-electron chi connectivity index (χ0n) is 13.7. The quantitative estimate of drug-likeness (QED) is 0.930. The van der Waals surface area contributed by atoms with Crippen LogP contribution in [0.15, 0.2) is 18.3 Å². The second kappa shape index (κ2) is 6.42. The lowest BCUT2D eigenvalue weighted by atomic mass is 10.1. The van der Waals surface area contributed by atoms with E-state index in [1.54, 1.807) is 6.20 Å².